The van der Waals surface area contributed by atoms with Gasteiger partial charge in [0.15, 0.2) is 0 Å². The van der Waals surface area contributed by atoms with Crippen LogP contribution in [0, 0.1) is 0 Å². The maximum atomic E-state index is 12.2. The highest BCUT2D eigenvalue weighted by atomic mass is 16.6. The predicted molar refractivity (Wildman–Crippen MR) is 120 cm³/mol. The zero-order valence-corrected chi connectivity index (χ0v) is 19.0. The van der Waals surface area contributed by atoms with Crippen LogP contribution in [0.15, 0.2) is 28.9 Å². The van der Waals surface area contributed by atoms with E-state index in [0.717, 1.165) is 42.4 Å². The molecular formula is C24H32N2O6. The second-order valence-electron chi connectivity index (χ2n) is 9.04. The fourth-order valence-corrected chi connectivity index (χ4v) is 3.65. The molecule has 1 aromatic carbocycles. The van der Waals surface area contributed by atoms with E-state index < -0.39 is 11.5 Å². The summed E-state index contributed by atoms with van der Waals surface area (Å²) >= 11 is 0. The van der Waals surface area contributed by atoms with Gasteiger partial charge >= 0.3 is 6.09 Å². The molecule has 1 fully saturated rings. The van der Waals surface area contributed by atoms with E-state index in [2.05, 4.69) is 10.6 Å². The first-order valence-corrected chi connectivity index (χ1v) is 11.2. The minimum Gasteiger partial charge on any atom is -0.494 e. The number of furan rings is 1. The third-order valence-corrected chi connectivity index (χ3v) is 5.20. The normalized spacial score (nSPS) is 16.7. The number of benzene rings is 1. The number of imide groups is 1. The molecule has 0 spiro atoms. The maximum absolute atomic E-state index is 12.2. The van der Waals surface area contributed by atoms with Crippen LogP contribution in [0.3, 0.4) is 0 Å². The van der Waals surface area contributed by atoms with Crippen molar-refractivity contribution < 1.29 is 28.3 Å². The van der Waals surface area contributed by atoms with Crippen LogP contribution in [-0.2, 0) is 14.3 Å². The highest BCUT2D eigenvalue weighted by Gasteiger charge is 2.30. The Morgan fingerprint density at radius 1 is 1.19 bits per heavy atom. The van der Waals surface area contributed by atoms with E-state index in [1.807, 2.05) is 39.0 Å². The first-order chi connectivity index (χ1) is 15.2. The lowest BCUT2D eigenvalue weighted by Crippen LogP contribution is -2.39. The number of hydrogen-bond donors (Lipinski definition) is 2. The summed E-state index contributed by atoms with van der Waals surface area (Å²) in [5.74, 6) is -0.183. The van der Waals surface area contributed by atoms with Crippen LogP contribution in [-0.4, -0.2) is 36.7 Å². The molecule has 2 heterocycles. The molecule has 0 radical (unpaired) electrons. The molecule has 3 amide bonds. The van der Waals surface area contributed by atoms with Gasteiger partial charge in [0.2, 0.25) is 11.8 Å². The average molecular weight is 445 g/mol. The van der Waals surface area contributed by atoms with Crippen molar-refractivity contribution in [2.24, 2.45) is 0 Å². The van der Waals surface area contributed by atoms with Crippen molar-refractivity contribution in [3.8, 4) is 5.75 Å². The summed E-state index contributed by atoms with van der Waals surface area (Å²) in [6, 6.07) is 5.58. The van der Waals surface area contributed by atoms with Gasteiger partial charge in [0.25, 0.3) is 0 Å². The Labute approximate surface area is 188 Å². The zero-order valence-electron chi connectivity index (χ0n) is 19.0. The van der Waals surface area contributed by atoms with Gasteiger partial charge in [-0.1, -0.05) is 12.8 Å². The average Bonchev–Trinajstić information content (AvgIpc) is 3.12. The Bertz CT molecular complexity index is 959. The second-order valence-corrected chi connectivity index (χ2v) is 9.04. The molecule has 8 nitrogen and oxygen atoms in total. The molecule has 1 aromatic heterocycles. The molecule has 1 aliphatic rings. The Morgan fingerprint density at radius 2 is 1.97 bits per heavy atom. The first kappa shape index (κ1) is 23.6. The fourth-order valence-electron chi connectivity index (χ4n) is 3.65. The smallest absolute Gasteiger partial charge is 0.407 e. The van der Waals surface area contributed by atoms with E-state index in [1.165, 1.54) is 0 Å². The number of fused-ring (bicyclic) bond motifs is 1. The number of nitrogens with one attached hydrogen (secondary N) is 2. The van der Waals surface area contributed by atoms with Crippen LogP contribution < -0.4 is 15.4 Å². The summed E-state index contributed by atoms with van der Waals surface area (Å²) in [5, 5.41) is 5.99. The summed E-state index contributed by atoms with van der Waals surface area (Å²) in [7, 11) is 0. The van der Waals surface area contributed by atoms with Crippen molar-refractivity contribution >= 4 is 28.9 Å². The second kappa shape index (κ2) is 10.5. The molecule has 32 heavy (non-hydrogen) atoms. The molecule has 0 saturated carbocycles. The van der Waals surface area contributed by atoms with Crippen LogP contribution in [0.1, 0.15) is 70.8 Å². The van der Waals surface area contributed by atoms with Gasteiger partial charge in [-0.25, -0.2) is 4.79 Å². The third kappa shape index (κ3) is 6.73. The molecule has 1 aliphatic heterocycles. The monoisotopic (exact) mass is 444 g/mol. The summed E-state index contributed by atoms with van der Waals surface area (Å²) in [5.41, 5.74) is 0.992. The van der Waals surface area contributed by atoms with Gasteiger partial charge in [0, 0.05) is 23.9 Å². The van der Waals surface area contributed by atoms with E-state index in [-0.39, 0.29) is 17.9 Å². The van der Waals surface area contributed by atoms with Gasteiger partial charge in [-0.05, 0) is 58.2 Å². The summed E-state index contributed by atoms with van der Waals surface area (Å²) in [4.78, 5) is 35.2. The van der Waals surface area contributed by atoms with E-state index in [0.29, 0.717) is 31.6 Å². The van der Waals surface area contributed by atoms with Gasteiger partial charge < -0.3 is 19.2 Å². The Balaban J connectivity index is 1.40. The van der Waals surface area contributed by atoms with Crippen molar-refractivity contribution in [3.05, 3.63) is 30.0 Å². The van der Waals surface area contributed by atoms with Gasteiger partial charge in [0.05, 0.1) is 18.8 Å². The maximum Gasteiger partial charge on any atom is 0.407 e. The standard InChI is InChI=1S/C24H32N2O6/c1-24(2,3)32-23(29)25-12-6-4-5-7-13-30-16-8-10-20-18(14-16)19(15-31-20)17-9-11-21(27)26-22(17)28/h8,10,14-15,17H,4-7,9,11-13H2,1-3H3,(H,25,29)(H,26,27,28). The number of amides is 3. The van der Waals surface area contributed by atoms with Crippen molar-refractivity contribution in [1.82, 2.24) is 10.6 Å². The molecule has 2 N–H and O–H groups in total. The SMILES string of the molecule is CC(C)(C)OC(=O)NCCCCCCOc1ccc2occ(C3CCC(=O)NC3=O)c2c1. The molecule has 0 bridgehead atoms. The molecule has 8 heteroatoms. The number of alkyl carbamates (subject to hydrolysis) is 1. The molecule has 1 atom stereocenters. The van der Waals surface area contributed by atoms with Crippen LogP contribution in [0.5, 0.6) is 5.75 Å². The summed E-state index contributed by atoms with van der Waals surface area (Å²) in [6.45, 7) is 6.69. The van der Waals surface area contributed by atoms with Crippen molar-refractivity contribution in [2.75, 3.05) is 13.2 Å². The minimum absolute atomic E-state index is 0.233. The lowest BCUT2D eigenvalue weighted by Gasteiger charge is -2.20. The van der Waals surface area contributed by atoms with Crippen molar-refractivity contribution in [1.29, 1.82) is 0 Å². The molecule has 1 unspecified atom stereocenters. The lowest BCUT2D eigenvalue weighted by molar-refractivity contribution is -0.134. The molecule has 174 valence electrons. The van der Waals surface area contributed by atoms with Crippen LogP contribution in [0.4, 0.5) is 4.79 Å². The van der Waals surface area contributed by atoms with E-state index in [9.17, 15) is 14.4 Å². The number of piperidine rings is 1. The molecule has 1 saturated heterocycles. The highest BCUT2D eigenvalue weighted by Crippen LogP contribution is 2.34. The summed E-state index contributed by atoms with van der Waals surface area (Å²) in [6.07, 6.45) is 5.78. The number of hydrogen-bond acceptors (Lipinski definition) is 6. The van der Waals surface area contributed by atoms with Gasteiger partial charge in [0.1, 0.15) is 16.9 Å². The molecular weight excluding hydrogens is 412 g/mol. The molecule has 3 rings (SSSR count). The van der Waals surface area contributed by atoms with E-state index in [1.54, 1.807) is 6.26 Å². The van der Waals surface area contributed by atoms with E-state index >= 15 is 0 Å². The van der Waals surface area contributed by atoms with Gasteiger partial charge in [-0.2, -0.15) is 0 Å². The quantitative estimate of drug-likeness (QED) is 0.438. The predicted octanol–water partition coefficient (Wildman–Crippen LogP) is 4.42. The number of ether oxygens (including phenoxy) is 2. The minimum atomic E-state index is -0.483. The zero-order chi connectivity index (χ0) is 23.1. The van der Waals surface area contributed by atoms with Crippen LogP contribution in [0.25, 0.3) is 11.0 Å². The highest BCUT2D eigenvalue weighted by molar-refractivity contribution is 6.02. The summed E-state index contributed by atoms with van der Waals surface area (Å²) < 4.78 is 16.7. The number of rotatable bonds is 9. The number of unbranched alkanes of at least 4 members (excludes halogenated alkanes) is 3. The van der Waals surface area contributed by atoms with Gasteiger partial charge in [-0.15, -0.1) is 0 Å². The van der Waals surface area contributed by atoms with Gasteiger partial charge in [-0.3, -0.25) is 14.9 Å². The van der Waals surface area contributed by atoms with Crippen LogP contribution in [0.2, 0.25) is 0 Å². The topological polar surface area (TPSA) is 107 Å². The Morgan fingerprint density at radius 3 is 2.72 bits per heavy atom. The third-order valence-electron chi connectivity index (χ3n) is 5.20. The number of carbonyl (C=O) groups excluding carboxylic acids is 3. The Kier molecular flexibility index (Phi) is 7.77. The molecule has 2 aromatic rings. The lowest BCUT2D eigenvalue weighted by atomic mass is 9.90. The first-order valence-electron chi connectivity index (χ1n) is 11.2. The van der Waals surface area contributed by atoms with Crippen molar-refractivity contribution in [3.63, 3.8) is 0 Å². The molecule has 0 aliphatic carbocycles. The van der Waals surface area contributed by atoms with Crippen molar-refractivity contribution in [2.45, 2.75) is 70.8 Å². The van der Waals surface area contributed by atoms with Crippen LogP contribution >= 0.6 is 0 Å². The Hall–Kier alpha value is -3.03. The largest absolute Gasteiger partial charge is 0.494 e. The van der Waals surface area contributed by atoms with E-state index in [4.69, 9.17) is 13.9 Å². The number of carbonyl (C=O) groups is 3. The fraction of sp³-hybridized carbons (Fsp3) is 0.542.